The first-order valence-electron chi connectivity index (χ1n) is 5.95. The van der Waals surface area contributed by atoms with Crippen LogP contribution in [0.15, 0.2) is 52.3 Å². The molecule has 96 valence electrons. The van der Waals surface area contributed by atoms with Crippen molar-refractivity contribution in [2.75, 3.05) is 0 Å². The quantitative estimate of drug-likeness (QED) is 0.611. The molecular weight excluding hydrogens is 240 g/mol. The maximum absolute atomic E-state index is 12.0. The Bertz CT molecular complexity index is 720. The Morgan fingerprint density at radius 3 is 2.47 bits per heavy atom. The predicted octanol–water partition coefficient (Wildman–Crippen LogP) is 1.25. The van der Waals surface area contributed by atoms with Crippen molar-refractivity contribution in [2.45, 2.75) is 19.5 Å². The second kappa shape index (κ2) is 5.40. The second-order valence-electron chi connectivity index (χ2n) is 4.23. The highest BCUT2D eigenvalue weighted by Crippen LogP contribution is 2.14. The van der Waals surface area contributed by atoms with Crippen LogP contribution in [0.4, 0.5) is 0 Å². The van der Waals surface area contributed by atoms with Crippen molar-refractivity contribution < 1.29 is 0 Å². The average Bonchev–Trinajstić information content (AvgIpc) is 2.45. The molecular formula is C15H14N2O2. The lowest BCUT2D eigenvalue weighted by atomic mass is 10.1. The van der Waals surface area contributed by atoms with Crippen LogP contribution in [0.25, 0.3) is 0 Å². The molecule has 0 N–H and O–H groups in total. The van der Waals surface area contributed by atoms with Crippen LogP contribution in [0, 0.1) is 12.3 Å². The molecule has 1 aromatic carbocycles. The first-order valence-corrected chi connectivity index (χ1v) is 5.95. The molecule has 4 heteroatoms. The Morgan fingerprint density at radius 1 is 1.16 bits per heavy atom. The van der Waals surface area contributed by atoms with Crippen molar-refractivity contribution in [3.05, 3.63) is 69.0 Å². The Morgan fingerprint density at radius 2 is 1.84 bits per heavy atom. The van der Waals surface area contributed by atoms with Gasteiger partial charge in [-0.25, -0.2) is 0 Å². The minimum atomic E-state index is -0.594. The molecule has 1 aromatic heterocycles. The third kappa shape index (κ3) is 2.50. The molecule has 2 aromatic rings. The van der Waals surface area contributed by atoms with Crippen LogP contribution in [0.1, 0.15) is 18.5 Å². The Balaban J connectivity index is 2.48. The van der Waals surface area contributed by atoms with Crippen molar-refractivity contribution in [3.8, 4) is 12.3 Å². The molecule has 2 rings (SSSR count). The van der Waals surface area contributed by atoms with Gasteiger partial charge in [-0.3, -0.25) is 14.2 Å². The Kier molecular flexibility index (Phi) is 3.67. The summed E-state index contributed by atoms with van der Waals surface area (Å²) in [7, 11) is 0. The number of benzene rings is 1. The molecule has 0 saturated carbocycles. The summed E-state index contributed by atoms with van der Waals surface area (Å²) < 4.78 is 2.65. The lowest BCUT2D eigenvalue weighted by Crippen LogP contribution is -2.41. The van der Waals surface area contributed by atoms with Crippen molar-refractivity contribution >= 4 is 0 Å². The van der Waals surface area contributed by atoms with E-state index in [1.165, 1.54) is 9.13 Å². The molecule has 0 aliphatic rings. The lowest BCUT2D eigenvalue weighted by molar-refractivity contribution is 0.585. The second-order valence-corrected chi connectivity index (χ2v) is 4.23. The standard InChI is InChI=1S/C15H14N2O2/c1-3-9-16-10-11-17(15(19)14(16)18)12(2)13-7-5-4-6-8-13/h1,4-8,10-12H,9H2,2H3. The van der Waals surface area contributed by atoms with Gasteiger partial charge >= 0.3 is 11.1 Å². The number of rotatable bonds is 3. The fraction of sp³-hybridized carbons (Fsp3) is 0.200. The molecule has 0 amide bonds. The van der Waals surface area contributed by atoms with Gasteiger partial charge in [0.25, 0.3) is 0 Å². The SMILES string of the molecule is C#CCn1ccn(C(C)c2ccccc2)c(=O)c1=O. The molecule has 0 aliphatic heterocycles. The maximum Gasteiger partial charge on any atom is 0.317 e. The van der Waals surface area contributed by atoms with Crippen LogP contribution in [0.5, 0.6) is 0 Å². The van der Waals surface area contributed by atoms with E-state index < -0.39 is 11.1 Å². The highest BCUT2D eigenvalue weighted by atomic mass is 16.2. The largest absolute Gasteiger partial charge is 0.317 e. The van der Waals surface area contributed by atoms with Gasteiger partial charge in [-0.15, -0.1) is 6.42 Å². The van der Waals surface area contributed by atoms with Crippen molar-refractivity contribution in [1.82, 2.24) is 9.13 Å². The zero-order valence-corrected chi connectivity index (χ0v) is 10.6. The van der Waals surface area contributed by atoms with E-state index in [1.54, 1.807) is 12.4 Å². The molecule has 19 heavy (non-hydrogen) atoms. The molecule has 0 radical (unpaired) electrons. The van der Waals surface area contributed by atoms with E-state index >= 15 is 0 Å². The molecule has 0 spiro atoms. The van der Waals surface area contributed by atoms with Crippen LogP contribution >= 0.6 is 0 Å². The van der Waals surface area contributed by atoms with Gasteiger partial charge in [0.05, 0.1) is 12.6 Å². The third-order valence-electron chi connectivity index (χ3n) is 3.05. The minimum absolute atomic E-state index is 0.106. The fourth-order valence-electron chi connectivity index (χ4n) is 1.94. The lowest BCUT2D eigenvalue weighted by Gasteiger charge is -2.15. The average molecular weight is 254 g/mol. The van der Waals surface area contributed by atoms with Crippen LogP contribution in [-0.4, -0.2) is 9.13 Å². The number of terminal acetylenes is 1. The van der Waals surface area contributed by atoms with Crippen LogP contribution in [0.2, 0.25) is 0 Å². The Labute approximate surface area is 110 Å². The topological polar surface area (TPSA) is 44.0 Å². The summed E-state index contributed by atoms with van der Waals surface area (Å²) >= 11 is 0. The first kappa shape index (κ1) is 12.9. The van der Waals surface area contributed by atoms with E-state index in [4.69, 9.17) is 6.42 Å². The molecule has 0 saturated heterocycles. The molecule has 0 aliphatic carbocycles. The van der Waals surface area contributed by atoms with Gasteiger partial charge < -0.3 is 4.57 Å². The zero-order valence-electron chi connectivity index (χ0n) is 10.6. The molecule has 1 heterocycles. The number of hydrogen-bond acceptors (Lipinski definition) is 2. The predicted molar refractivity (Wildman–Crippen MR) is 74.1 cm³/mol. The highest BCUT2D eigenvalue weighted by Gasteiger charge is 2.11. The number of aromatic nitrogens is 2. The highest BCUT2D eigenvalue weighted by molar-refractivity contribution is 5.19. The van der Waals surface area contributed by atoms with Gasteiger partial charge in [-0.2, -0.15) is 0 Å². The van der Waals surface area contributed by atoms with Crippen molar-refractivity contribution in [2.24, 2.45) is 0 Å². The summed E-state index contributed by atoms with van der Waals surface area (Å²) in [5, 5.41) is 0. The van der Waals surface area contributed by atoms with Crippen LogP contribution in [0.3, 0.4) is 0 Å². The number of nitrogens with zero attached hydrogens (tertiary/aromatic N) is 2. The Hall–Kier alpha value is -2.54. The van der Waals surface area contributed by atoms with Crippen LogP contribution < -0.4 is 11.1 Å². The van der Waals surface area contributed by atoms with E-state index in [0.717, 1.165) is 5.56 Å². The normalized spacial score (nSPS) is 11.8. The molecule has 1 atom stereocenters. The molecule has 0 fully saturated rings. The molecule has 4 nitrogen and oxygen atoms in total. The van der Waals surface area contributed by atoms with Crippen LogP contribution in [-0.2, 0) is 6.54 Å². The van der Waals surface area contributed by atoms with E-state index in [9.17, 15) is 9.59 Å². The van der Waals surface area contributed by atoms with E-state index in [-0.39, 0.29) is 12.6 Å². The van der Waals surface area contributed by atoms with Gasteiger partial charge in [0, 0.05) is 12.4 Å². The molecule has 0 bridgehead atoms. The number of hydrogen-bond donors (Lipinski definition) is 0. The maximum atomic E-state index is 12.0. The van der Waals surface area contributed by atoms with Gasteiger partial charge in [0.2, 0.25) is 0 Å². The van der Waals surface area contributed by atoms with Crippen molar-refractivity contribution in [3.63, 3.8) is 0 Å². The van der Waals surface area contributed by atoms with Gasteiger partial charge in [-0.1, -0.05) is 36.3 Å². The summed E-state index contributed by atoms with van der Waals surface area (Å²) in [5.74, 6) is 2.35. The van der Waals surface area contributed by atoms with Gasteiger partial charge in [-0.05, 0) is 12.5 Å². The minimum Gasteiger partial charge on any atom is -0.302 e. The summed E-state index contributed by atoms with van der Waals surface area (Å²) in [6, 6.07) is 9.35. The summed E-state index contributed by atoms with van der Waals surface area (Å²) in [4.78, 5) is 23.9. The fourth-order valence-corrected chi connectivity index (χ4v) is 1.94. The smallest absolute Gasteiger partial charge is 0.302 e. The van der Waals surface area contributed by atoms with E-state index in [0.29, 0.717) is 0 Å². The van der Waals surface area contributed by atoms with E-state index in [1.807, 2.05) is 37.3 Å². The summed E-state index contributed by atoms with van der Waals surface area (Å²) in [6.45, 7) is 1.98. The van der Waals surface area contributed by atoms with Gasteiger partial charge in [0.1, 0.15) is 0 Å². The molecule has 1 unspecified atom stereocenters. The summed E-state index contributed by atoms with van der Waals surface area (Å²) in [6.07, 6.45) is 8.29. The third-order valence-corrected chi connectivity index (χ3v) is 3.05. The first-order chi connectivity index (χ1) is 9.15. The van der Waals surface area contributed by atoms with Crippen molar-refractivity contribution in [1.29, 1.82) is 0 Å². The zero-order chi connectivity index (χ0) is 13.8. The summed E-state index contributed by atoms with van der Waals surface area (Å²) in [5.41, 5.74) is -0.184. The van der Waals surface area contributed by atoms with Gasteiger partial charge in [0.15, 0.2) is 0 Å². The van der Waals surface area contributed by atoms with E-state index in [2.05, 4.69) is 5.92 Å². The monoisotopic (exact) mass is 254 g/mol.